The Labute approximate surface area is 167 Å². The molecule has 2 aromatic rings. The molecule has 4 nitrogen and oxygen atoms in total. The maximum atomic E-state index is 12.9. The first kappa shape index (κ1) is 20.3. The smallest absolute Gasteiger partial charge is 0.234 e. The van der Waals surface area contributed by atoms with Gasteiger partial charge < -0.3 is 15.0 Å². The monoisotopic (exact) mass is 378 g/mol. The molecule has 0 bridgehead atoms. The fourth-order valence-corrected chi connectivity index (χ4v) is 3.68. The van der Waals surface area contributed by atoms with Gasteiger partial charge in [-0.15, -0.1) is 0 Å². The van der Waals surface area contributed by atoms with E-state index >= 15 is 0 Å². The number of carbonyl (C=O) groups is 2. The van der Waals surface area contributed by atoms with Crippen molar-refractivity contribution in [1.29, 1.82) is 0 Å². The Morgan fingerprint density at radius 2 is 1.82 bits per heavy atom. The van der Waals surface area contributed by atoms with Gasteiger partial charge in [-0.05, 0) is 69.5 Å². The third-order valence-corrected chi connectivity index (χ3v) is 5.79. The highest BCUT2D eigenvalue weighted by Gasteiger charge is 2.29. The molecule has 2 aromatic carbocycles. The molecule has 0 radical (unpaired) electrons. The van der Waals surface area contributed by atoms with Gasteiger partial charge in [-0.3, -0.25) is 4.79 Å². The van der Waals surface area contributed by atoms with E-state index < -0.39 is 5.41 Å². The number of rotatable bonds is 7. The van der Waals surface area contributed by atoms with Crippen LogP contribution >= 0.6 is 0 Å². The van der Waals surface area contributed by atoms with Crippen molar-refractivity contribution < 1.29 is 9.59 Å². The van der Waals surface area contributed by atoms with Crippen molar-refractivity contribution in [3.8, 4) is 0 Å². The van der Waals surface area contributed by atoms with E-state index in [4.69, 9.17) is 0 Å². The molecule has 0 unspecified atom stereocenters. The summed E-state index contributed by atoms with van der Waals surface area (Å²) >= 11 is 0. The number of benzene rings is 2. The normalized spacial score (nSPS) is 15.9. The van der Waals surface area contributed by atoms with Crippen LogP contribution in [0.15, 0.2) is 54.6 Å². The second kappa shape index (κ2) is 9.16. The number of aldehydes is 1. The zero-order chi connectivity index (χ0) is 20.0. The highest BCUT2D eigenvalue weighted by molar-refractivity contribution is 5.98. The fourth-order valence-electron chi connectivity index (χ4n) is 3.68. The number of nitrogens with one attached hydrogen (secondary N) is 1. The summed E-state index contributed by atoms with van der Waals surface area (Å²) in [6.07, 6.45) is 3.97. The summed E-state index contributed by atoms with van der Waals surface area (Å²) in [5.74, 6) is 0.231. The average Bonchev–Trinajstić information content (AvgIpc) is 2.73. The van der Waals surface area contributed by atoms with Crippen molar-refractivity contribution in [2.75, 3.05) is 25.0 Å². The van der Waals surface area contributed by atoms with Crippen molar-refractivity contribution in [2.45, 2.75) is 38.5 Å². The van der Waals surface area contributed by atoms with E-state index in [2.05, 4.69) is 22.3 Å². The van der Waals surface area contributed by atoms with Crippen molar-refractivity contribution in [2.24, 2.45) is 5.92 Å². The second-order valence-electron chi connectivity index (χ2n) is 8.21. The minimum absolute atomic E-state index is 0.00761. The molecule has 1 fully saturated rings. The van der Waals surface area contributed by atoms with E-state index in [-0.39, 0.29) is 11.8 Å². The number of carbonyl (C=O) groups excluding carboxylic acids is 2. The molecule has 1 amide bonds. The largest absolute Gasteiger partial charge is 0.325 e. The van der Waals surface area contributed by atoms with Gasteiger partial charge in [0.15, 0.2) is 0 Å². The first-order valence-corrected chi connectivity index (χ1v) is 10.1. The highest BCUT2D eigenvalue weighted by atomic mass is 16.2. The van der Waals surface area contributed by atoms with Crippen molar-refractivity contribution in [3.05, 3.63) is 65.7 Å². The molecule has 1 saturated heterocycles. The van der Waals surface area contributed by atoms with Crippen LogP contribution in [0.4, 0.5) is 5.69 Å². The lowest BCUT2D eigenvalue weighted by molar-refractivity contribution is -0.120. The predicted octanol–water partition coefficient (Wildman–Crippen LogP) is 4.06. The lowest BCUT2D eigenvalue weighted by atomic mass is 9.83. The second-order valence-corrected chi connectivity index (χ2v) is 8.21. The number of hydrogen-bond donors (Lipinski definition) is 1. The van der Waals surface area contributed by atoms with Crippen LogP contribution < -0.4 is 5.32 Å². The standard InChI is InChI=1S/C24H30N2O2/c1-24(2,21-8-4-3-5-9-21)23(28)25-22-10-6-7-19(17-22)11-14-26-15-12-20(18-27)13-16-26/h3-10,17-18,20H,11-16H2,1-2H3,(H,25,28). The molecule has 1 aliphatic rings. The van der Waals surface area contributed by atoms with Gasteiger partial charge in [-0.25, -0.2) is 0 Å². The van der Waals surface area contributed by atoms with Gasteiger partial charge in [0.2, 0.25) is 5.91 Å². The van der Waals surface area contributed by atoms with Gasteiger partial charge in [0, 0.05) is 18.2 Å². The Morgan fingerprint density at radius 1 is 1.11 bits per heavy atom. The lowest BCUT2D eigenvalue weighted by Crippen LogP contribution is -2.35. The van der Waals surface area contributed by atoms with Gasteiger partial charge >= 0.3 is 0 Å². The Balaban J connectivity index is 1.57. The maximum absolute atomic E-state index is 12.9. The summed E-state index contributed by atoms with van der Waals surface area (Å²) in [5.41, 5.74) is 2.46. The molecule has 1 N–H and O–H groups in total. The summed E-state index contributed by atoms with van der Waals surface area (Å²) in [5, 5.41) is 3.08. The SMILES string of the molecule is CC(C)(C(=O)Nc1cccc(CCN2CCC(C=O)CC2)c1)c1ccccc1. The molecular formula is C24H30N2O2. The molecule has 28 heavy (non-hydrogen) atoms. The third-order valence-electron chi connectivity index (χ3n) is 5.79. The third kappa shape index (κ3) is 5.08. The van der Waals surface area contributed by atoms with E-state index in [1.807, 2.05) is 56.3 Å². The minimum atomic E-state index is -0.597. The molecule has 0 atom stereocenters. The highest BCUT2D eigenvalue weighted by Crippen LogP contribution is 2.25. The molecule has 0 spiro atoms. The molecule has 1 heterocycles. The van der Waals surface area contributed by atoms with Crippen LogP contribution in [0.25, 0.3) is 0 Å². The average molecular weight is 379 g/mol. The first-order chi connectivity index (χ1) is 13.5. The Kier molecular flexibility index (Phi) is 6.63. The summed E-state index contributed by atoms with van der Waals surface area (Å²) in [7, 11) is 0. The van der Waals surface area contributed by atoms with E-state index in [0.29, 0.717) is 0 Å². The predicted molar refractivity (Wildman–Crippen MR) is 113 cm³/mol. The quantitative estimate of drug-likeness (QED) is 0.739. The van der Waals surface area contributed by atoms with E-state index in [1.54, 1.807) is 0 Å². The van der Waals surface area contributed by atoms with Crippen molar-refractivity contribution >= 4 is 17.9 Å². The van der Waals surface area contributed by atoms with E-state index in [9.17, 15) is 9.59 Å². The van der Waals surface area contributed by atoms with E-state index in [0.717, 1.165) is 56.4 Å². The van der Waals surface area contributed by atoms with Gasteiger partial charge in [-0.1, -0.05) is 42.5 Å². The zero-order valence-corrected chi connectivity index (χ0v) is 16.9. The molecular weight excluding hydrogens is 348 g/mol. The van der Waals surface area contributed by atoms with Crippen LogP contribution in [-0.2, 0) is 21.4 Å². The first-order valence-electron chi connectivity index (χ1n) is 10.1. The van der Waals surface area contributed by atoms with Crippen molar-refractivity contribution in [3.63, 3.8) is 0 Å². The van der Waals surface area contributed by atoms with Crippen LogP contribution in [0, 0.1) is 5.92 Å². The maximum Gasteiger partial charge on any atom is 0.234 e. The van der Waals surface area contributed by atoms with Crippen LogP contribution in [0.2, 0.25) is 0 Å². The number of piperidine rings is 1. The van der Waals surface area contributed by atoms with Crippen LogP contribution in [0.1, 0.15) is 37.8 Å². The summed E-state index contributed by atoms with van der Waals surface area (Å²) in [6.45, 7) is 6.86. The van der Waals surface area contributed by atoms with Crippen LogP contribution in [-0.4, -0.2) is 36.7 Å². The number of likely N-dealkylation sites (tertiary alicyclic amines) is 1. The summed E-state index contributed by atoms with van der Waals surface area (Å²) < 4.78 is 0. The lowest BCUT2D eigenvalue weighted by Gasteiger charge is -2.29. The fraction of sp³-hybridized carbons (Fsp3) is 0.417. The molecule has 0 aliphatic carbocycles. The van der Waals surface area contributed by atoms with Crippen molar-refractivity contribution in [1.82, 2.24) is 4.90 Å². The summed E-state index contributed by atoms with van der Waals surface area (Å²) in [4.78, 5) is 26.2. The van der Waals surface area contributed by atoms with Gasteiger partial charge in [0.1, 0.15) is 6.29 Å². The molecule has 148 valence electrons. The molecule has 3 rings (SSSR count). The Morgan fingerprint density at radius 3 is 2.50 bits per heavy atom. The molecule has 1 aliphatic heterocycles. The number of amides is 1. The van der Waals surface area contributed by atoms with Gasteiger partial charge in [-0.2, -0.15) is 0 Å². The number of anilines is 1. The van der Waals surface area contributed by atoms with E-state index in [1.165, 1.54) is 5.56 Å². The molecule has 0 saturated carbocycles. The number of nitrogens with zero attached hydrogens (tertiary/aromatic N) is 1. The minimum Gasteiger partial charge on any atom is -0.325 e. The van der Waals surface area contributed by atoms with Gasteiger partial charge in [0.25, 0.3) is 0 Å². The Hall–Kier alpha value is -2.46. The van der Waals surface area contributed by atoms with Crippen LogP contribution in [0.3, 0.4) is 0 Å². The molecule has 4 heteroatoms. The zero-order valence-electron chi connectivity index (χ0n) is 16.9. The topological polar surface area (TPSA) is 49.4 Å². The molecule has 0 aromatic heterocycles. The van der Waals surface area contributed by atoms with Gasteiger partial charge in [0.05, 0.1) is 5.41 Å². The Bertz CT molecular complexity index is 793. The number of hydrogen-bond acceptors (Lipinski definition) is 3. The summed E-state index contributed by atoms with van der Waals surface area (Å²) in [6, 6.07) is 18.0. The van der Waals surface area contributed by atoms with Crippen LogP contribution in [0.5, 0.6) is 0 Å².